The minimum absolute atomic E-state index is 0.00801. The molecule has 0 aliphatic carbocycles. The number of benzene rings is 2. The van der Waals surface area contributed by atoms with Crippen LogP contribution in [0.4, 0.5) is 4.39 Å². The van der Waals surface area contributed by atoms with Crippen LogP contribution in [0, 0.1) is 5.82 Å². The molecule has 0 bridgehead atoms. The lowest BCUT2D eigenvalue weighted by molar-refractivity contribution is -0.127. The van der Waals surface area contributed by atoms with Crippen LogP contribution in [0.2, 0.25) is 0 Å². The highest BCUT2D eigenvalue weighted by atomic mass is 19.1. The molecule has 2 aliphatic rings. The molecule has 0 atom stereocenters. The molecule has 0 spiro atoms. The summed E-state index contributed by atoms with van der Waals surface area (Å²) in [6, 6.07) is 12.6. The van der Waals surface area contributed by atoms with Crippen molar-refractivity contribution in [1.82, 2.24) is 9.80 Å². The number of halogens is 1. The lowest BCUT2D eigenvalue weighted by atomic mass is 10.1. The molecule has 2 aromatic carbocycles. The van der Waals surface area contributed by atoms with Crippen LogP contribution in [-0.4, -0.2) is 48.5 Å². The monoisotopic (exact) mass is 366 g/mol. The molecule has 0 unspecified atom stereocenters. The van der Waals surface area contributed by atoms with Gasteiger partial charge < -0.3 is 9.64 Å². The Labute approximate surface area is 158 Å². The van der Waals surface area contributed by atoms with Crippen molar-refractivity contribution in [3.8, 4) is 5.75 Å². The standard InChI is InChI=1S/C22H23FN2O2/c23-20-5-1-17(2-6-20)4-8-22(26)25-12-10-24(11-13-25)16-18-3-7-21-19(15-18)9-14-27-21/h1-8,15H,9-14,16H2. The molecule has 1 saturated heterocycles. The minimum atomic E-state index is -0.273. The predicted molar refractivity (Wildman–Crippen MR) is 103 cm³/mol. The fraction of sp³-hybridized carbons (Fsp3) is 0.318. The molecule has 0 N–H and O–H groups in total. The summed E-state index contributed by atoms with van der Waals surface area (Å²) in [5.41, 5.74) is 3.42. The van der Waals surface area contributed by atoms with Gasteiger partial charge in [-0.1, -0.05) is 24.3 Å². The molecule has 2 aliphatic heterocycles. The third-order valence-electron chi connectivity index (χ3n) is 5.13. The summed E-state index contributed by atoms with van der Waals surface area (Å²) in [5.74, 6) is 0.751. The van der Waals surface area contributed by atoms with Crippen molar-refractivity contribution in [2.24, 2.45) is 0 Å². The highest BCUT2D eigenvalue weighted by Crippen LogP contribution is 2.26. The summed E-state index contributed by atoms with van der Waals surface area (Å²) < 4.78 is 18.5. The number of hydrogen-bond acceptors (Lipinski definition) is 3. The minimum Gasteiger partial charge on any atom is -0.493 e. The molecule has 27 heavy (non-hydrogen) atoms. The average molecular weight is 366 g/mol. The maximum atomic E-state index is 12.9. The van der Waals surface area contributed by atoms with Crippen LogP contribution in [0.15, 0.2) is 48.5 Å². The Morgan fingerprint density at radius 3 is 2.63 bits per heavy atom. The van der Waals surface area contributed by atoms with Gasteiger partial charge in [-0.25, -0.2) is 4.39 Å². The number of carbonyl (C=O) groups is 1. The largest absolute Gasteiger partial charge is 0.493 e. The zero-order valence-electron chi connectivity index (χ0n) is 15.2. The molecule has 1 amide bonds. The molecule has 2 aromatic rings. The van der Waals surface area contributed by atoms with Crippen molar-refractivity contribution in [2.75, 3.05) is 32.8 Å². The molecule has 140 valence electrons. The summed E-state index contributed by atoms with van der Waals surface area (Å²) in [7, 11) is 0. The van der Waals surface area contributed by atoms with Gasteiger partial charge in [0, 0.05) is 45.2 Å². The molecular formula is C22H23FN2O2. The van der Waals surface area contributed by atoms with E-state index in [1.165, 1.54) is 23.3 Å². The maximum absolute atomic E-state index is 12.9. The fourth-order valence-corrected chi connectivity index (χ4v) is 3.57. The molecule has 4 rings (SSSR count). The SMILES string of the molecule is O=C(C=Cc1ccc(F)cc1)N1CCN(Cc2ccc3c(c2)CCO3)CC1. The van der Waals surface area contributed by atoms with Crippen molar-refractivity contribution in [1.29, 1.82) is 0 Å². The number of hydrogen-bond donors (Lipinski definition) is 0. The van der Waals surface area contributed by atoms with Crippen LogP contribution in [-0.2, 0) is 17.8 Å². The van der Waals surface area contributed by atoms with Gasteiger partial charge in [-0.2, -0.15) is 0 Å². The lowest BCUT2D eigenvalue weighted by Gasteiger charge is -2.34. The van der Waals surface area contributed by atoms with Crippen molar-refractivity contribution in [3.63, 3.8) is 0 Å². The van der Waals surface area contributed by atoms with Gasteiger partial charge in [0.05, 0.1) is 6.61 Å². The third kappa shape index (κ3) is 4.37. The van der Waals surface area contributed by atoms with Gasteiger partial charge in [0.25, 0.3) is 0 Å². The Kier molecular flexibility index (Phi) is 5.21. The fourth-order valence-electron chi connectivity index (χ4n) is 3.57. The van der Waals surface area contributed by atoms with Gasteiger partial charge in [-0.15, -0.1) is 0 Å². The number of piperazine rings is 1. The molecular weight excluding hydrogens is 343 g/mol. The van der Waals surface area contributed by atoms with Crippen molar-refractivity contribution in [2.45, 2.75) is 13.0 Å². The van der Waals surface area contributed by atoms with E-state index >= 15 is 0 Å². The highest BCUT2D eigenvalue weighted by Gasteiger charge is 2.20. The first-order valence-electron chi connectivity index (χ1n) is 9.37. The van der Waals surface area contributed by atoms with E-state index in [1.807, 2.05) is 4.90 Å². The maximum Gasteiger partial charge on any atom is 0.246 e. The van der Waals surface area contributed by atoms with Gasteiger partial charge in [0.2, 0.25) is 5.91 Å². The number of fused-ring (bicyclic) bond motifs is 1. The quantitative estimate of drug-likeness (QED) is 0.780. The van der Waals surface area contributed by atoms with Crippen LogP contribution in [0.25, 0.3) is 6.08 Å². The van der Waals surface area contributed by atoms with Gasteiger partial charge >= 0.3 is 0 Å². The third-order valence-corrected chi connectivity index (χ3v) is 5.13. The van der Waals surface area contributed by atoms with Gasteiger partial charge in [-0.3, -0.25) is 9.69 Å². The second kappa shape index (κ2) is 7.92. The zero-order chi connectivity index (χ0) is 18.6. The van der Waals surface area contributed by atoms with Gasteiger partial charge in [-0.05, 0) is 41.0 Å². The molecule has 4 nitrogen and oxygen atoms in total. The van der Waals surface area contributed by atoms with Gasteiger partial charge in [0.15, 0.2) is 0 Å². The Hall–Kier alpha value is -2.66. The summed E-state index contributed by atoms with van der Waals surface area (Å²) in [4.78, 5) is 16.6. The van der Waals surface area contributed by atoms with Gasteiger partial charge in [0.1, 0.15) is 11.6 Å². The van der Waals surface area contributed by atoms with E-state index in [2.05, 4.69) is 23.1 Å². The lowest BCUT2D eigenvalue weighted by Crippen LogP contribution is -2.47. The summed E-state index contributed by atoms with van der Waals surface area (Å²) in [6.07, 6.45) is 4.30. The van der Waals surface area contributed by atoms with Crippen molar-refractivity contribution in [3.05, 3.63) is 71.0 Å². The Morgan fingerprint density at radius 2 is 1.85 bits per heavy atom. The Bertz CT molecular complexity index is 840. The summed E-state index contributed by atoms with van der Waals surface area (Å²) >= 11 is 0. The van der Waals surface area contributed by atoms with Crippen molar-refractivity contribution < 1.29 is 13.9 Å². The number of carbonyl (C=O) groups excluding carboxylic acids is 1. The molecule has 0 saturated carbocycles. The average Bonchev–Trinajstić information content (AvgIpc) is 3.16. The molecule has 2 heterocycles. The van der Waals surface area contributed by atoms with Crippen molar-refractivity contribution >= 4 is 12.0 Å². The van der Waals surface area contributed by atoms with Crippen LogP contribution < -0.4 is 4.74 Å². The molecule has 5 heteroatoms. The topological polar surface area (TPSA) is 32.8 Å². The summed E-state index contributed by atoms with van der Waals surface area (Å²) in [6.45, 7) is 4.86. The highest BCUT2D eigenvalue weighted by molar-refractivity contribution is 5.91. The number of ether oxygens (including phenoxy) is 1. The Morgan fingerprint density at radius 1 is 1.07 bits per heavy atom. The normalized spacial score (nSPS) is 17.1. The predicted octanol–water partition coefficient (Wildman–Crippen LogP) is 3.12. The molecule has 0 radical (unpaired) electrons. The van der Waals surface area contributed by atoms with Crippen LogP contribution in [0.5, 0.6) is 5.75 Å². The van der Waals surface area contributed by atoms with E-state index in [0.717, 1.165) is 57.1 Å². The zero-order valence-corrected chi connectivity index (χ0v) is 15.2. The van der Waals surface area contributed by atoms with E-state index in [1.54, 1.807) is 24.3 Å². The number of amides is 1. The van der Waals surface area contributed by atoms with Crippen LogP contribution in [0.3, 0.4) is 0 Å². The summed E-state index contributed by atoms with van der Waals surface area (Å²) in [5, 5.41) is 0. The Balaban J connectivity index is 1.28. The van der Waals surface area contributed by atoms with E-state index in [4.69, 9.17) is 4.74 Å². The van der Waals surface area contributed by atoms with Crippen LogP contribution >= 0.6 is 0 Å². The van der Waals surface area contributed by atoms with Crippen LogP contribution in [0.1, 0.15) is 16.7 Å². The van der Waals surface area contributed by atoms with E-state index in [0.29, 0.717) is 0 Å². The second-order valence-electron chi connectivity index (χ2n) is 7.03. The van der Waals surface area contributed by atoms with E-state index in [9.17, 15) is 9.18 Å². The molecule has 0 aromatic heterocycles. The molecule has 1 fully saturated rings. The number of rotatable bonds is 4. The first kappa shape index (κ1) is 17.7. The first-order valence-corrected chi connectivity index (χ1v) is 9.37. The van der Waals surface area contributed by atoms with E-state index < -0.39 is 0 Å². The second-order valence-corrected chi connectivity index (χ2v) is 7.03. The van der Waals surface area contributed by atoms with E-state index in [-0.39, 0.29) is 11.7 Å². The smallest absolute Gasteiger partial charge is 0.246 e. The number of nitrogens with zero attached hydrogens (tertiary/aromatic N) is 2. The first-order chi connectivity index (χ1) is 13.2.